The summed E-state index contributed by atoms with van der Waals surface area (Å²) < 4.78 is 2.01. The number of pyridine rings is 1. The smallest absolute Gasteiger partial charge is 0.311 e. The van der Waals surface area contributed by atoms with Gasteiger partial charge in [-0.05, 0) is 29.7 Å². The number of hydrogen-bond donors (Lipinski definition) is 1. The SMILES string of the molecule is CC(C)c1nc(CC(=O)O)n(Cc2cccnc2)c1Sc1ccccc1. The second kappa shape index (κ2) is 8.19. The first-order chi connectivity index (χ1) is 12.5. The minimum atomic E-state index is -0.881. The van der Waals surface area contributed by atoms with E-state index in [2.05, 4.69) is 23.8 Å². The molecule has 3 aromatic rings. The molecule has 0 saturated carbocycles. The van der Waals surface area contributed by atoms with Gasteiger partial charge in [-0.1, -0.05) is 49.9 Å². The van der Waals surface area contributed by atoms with Crippen LogP contribution in [0, 0.1) is 0 Å². The van der Waals surface area contributed by atoms with Crippen LogP contribution in [0.3, 0.4) is 0 Å². The van der Waals surface area contributed by atoms with Gasteiger partial charge >= 0.3 is 5.97 Å². The number of nitrogens with zero attached hydrogens (tertiary/aromatic N) is 3. The molecule has 0 aliphatic carbocycles. The fourth-order valence-corrected chi connectivity index (χ4v) is 3.88. The van der Waals surface area contributed by atoms with Crippen LogP contribution in [0.25, 0.3) is 0 Å². The monoisotopic (exact) mass is 367 g/mol. The third kappa shape index (κ3) is 4.32. The average molecular weight is 367 g/mol. The average Bonchev–Trinajstić information content (AvgIpc) is 2.94. The molecule has 1 N–H and O–H groups in total. The van der Waals surface area contributed by atoms with Gasteiger partial charge in [0.15, 0.2) is 0 Å². The van der Waals surface area contributed by atoms with Crippen molar-refractivity contribution in [3.63, 3.8) is 0 Å². The van der Waals surface area contributed by atoms with Gasteiger partial charge in [-0.25, -0.2) is 4.98 Å². The summed E-state index contributed by atoms with van der Waals surface area (Å²) in [4.78, 5) is 21.3. The van der Waals surface area contributed by atoms with Crippen LogP contribution in [0.4, 0.5) is 0 Å². The van der Waals surface area contributed by atoms with Gasteiger partial charge in [0.25, 0.3) is 0 Å². The van der Waals surface area contributed by atoms with Crippen molar-refractivity contribution >= 4 is 17.7 Å². The van der Waals surface area contributed by atoms with Gasteiger partial charge in [0.1, 0.15) is 17.3 Å². The van der Waals surface area contributed by atoms with E-state index in [0.29, 0.717) is 12.4 Å². The fraction of sp³-hybridized carbons (Fsp3) is 0.250. The largest absolute Gasteiger partial charge is 0.481 e. The van der Waals surface area contributed by atoms with Crippen molar-refractivity contribution in [2.75, 3.05) is 0 Å². The molecule has 0 amide bonds. The molecule has 2 aromatic heterocycles. The molecule has 0 unspecified atom stereocenters. The molecule has 6 heteroatoms. The topological polar surface area (TPSA) is 68.0 Å². The zero-order chi connectivity index (χ0) is 18.5. The summed E-state index contributed by atoms with van der Waals surface area (Å²) in [5, 5.41) is 10.3. The van der Waals surface area contributed by atoms with Gasteiger partial charge in [0.2, 0.25) is 0 Å². The number of aliphatic carboxylic acids is 1. The maximum absolute atomic E-state index is 11.3. The van der Waals surface area contributed by atoms with E-state index in [0.717, 1.165) is 21.2 Å². The van der Waals surface area contributed by atoms with Crippen LogP contribution in [-0.4, -0.2) is 25.6 Å². The Morgan fingerprint density at radius 3 is 2.58 bits per heavy atom. The molecule has 0 radical (unpaired) electrons. The van der Waals surface area contributed by atoms with Crippen molar-refractivity contribution in [2.45, 2.75) is 42.7 Å². The number of imidazole rings is 1. The maximum atomic E-state index is 11.3. The lowest BCUT2D eigenvalue weighted by molar-refractivity contribution is -0.136. The van der Waals surface area contributed by atoms with Gasteiger partial charge < -0.3 is 9.67 Å². The molecule has 3 rings (SSSR count). The Morgan fingerprint density at radius 2 is 1.96 bits per heavy atom. The van der Waals surface area contributed by atoms with Crippen LogP contribution in [-0.2, 0) is 17.8 Å². The maximum Gasteiger partial charge on any atom is 0.311 e. The zero-order valence-corrected chi connectivity index (χ0v) is 15.6. The molecule has 2 heterocycles. The second-order valence-electron chi connectivity index (χ2n) is 6.31. The molecule has 0 aliphatic heterocycles. The van der Waals surface area contributed by atoms with E-state index in [1.807, 2.05) is 47.0 Å². The Kier molecular flexibility index (Phi) is 5.73. The highest BCUT2D eigenvalue weighted by molar-refractivity contribution is 7.99. The Balaban J connectivity index is 2.08. The molecular formula is C20H21N3O2S. The predicted molar refractivity (Wildman–Crippen MR) is 102 cm³/mol. The van der Waals surface area contributed by atoms with Gasteiger partial charge in [-0.3, -0.25) is 9.78 Å². The van der Waals surface area contributed by atoms with Crippen molar-refractivity contribution in [1.29, 1.82) is 0 Å². The number of hydrogen-bond acceptors (Lipinski definition) is 4. The third-order valence-corrected chi connectivity index (χ3v) is 5.03. The first-order valence-electron chi connectivity index (χ1n) is 8.47. The van der Waals surface area contributed by atoms with Crippen molar-refractivity contribution in [3.05, 3.63) is 71.9 Å². The summed E-state index contributed by atoms with van der Waals surface area (Å²) in [7, 11) is 0. The second-order valence-corrected chi connectivity index (χ2v) is 7.37. The molecule has 0 fully saturated rings. The number of benzene rings is 1. The molecule has 0 spiro atoms. The quantitative estimate of drug-likeness (QED) is 0.677. The Hall–Kier alpha value is -2.60. The van der Waals surface area contributed by atoms with Gasteiger partial charge in [0.05, 0.1) is 12.2 Å². The molecule has 0 saturated heterocycles. The minimum absolute atomic E-state index is 0.102. The van der Waals surface area contributed by atoms with Crippen LogP contribution >= 0.6 is 11.8 Å². The lowest BCUT2D eigenvalue weighted by Crippen LogP contribution is -2.11. The molecule has 0 aliphatic rings. The summed E-state index contributed by atoms with van der Waals surface area (Å²) in [5.74, 6) is -0.110. The molecular weight excluding hydrogens is 346 g/mol. The first kappa shape index (κ1) is 18.2. The minimum Gasteiger partial charge on any atom is -0.481 e. The third-order valence-electron chi connectivity index (χ3n) is 3.90. The zero-order valence-electron chi connectivity index (χ0n) is 14.8. The van der Waals surface area contributed by atoms with E-state index < -0.39 is 5.97 Å². The summed E-state index contributed by atoms with van der Waals surface area (Å²) in [6.07, 6.45) is 3.43. The lowest BCUT2D eigenvalue weighted by Gasteiger charge is -2.13. The van der Waals surface area contributed by atoms with Gasteiger partial charge in [0, 0.05) is 17.3 Å². The highest BCUT2D eigenvalue weighted by Gasteiger charge is 2.22. The first-order valence-corrected chi connectivity index (χ1v) is 9.29. The Morgan fingerprint density at radius 1 is 1.19 bits per heavy atom. The molecule has 0 bridgehead atoms. The van der Waals surface area contributed by atoms with Crippen LogP contribution in [0.5, 0.6) is 0 Å². The van der Waals surface area contributed by atoms with Crippen LogP contribution in [0.1, 0.15) is 36.8 Å². The molecule has 0 atom stereocenters. The predicted octanol–water partition coefficient (Wildman–Crippen LogP) is 4.23. The van der Waals surface area contributed by atoms with E-state index in [9.17, 15) is 9.90 Å². The van der Waals surface area contributed by atoms with Crippen LogP contribution < -0.4 is 0 Å². The lowest BCUT2D eigenvalue weighted by atomic mass is 10.1. The number of aromatic nitrogens is 3. The molecule has 134 valence electrons. The number of carbonyl (C=O) groups is 1. The van der Waals surface area contributed by atoms with Crippen molar-refractivity contribution in [3.8, 4) is 0 Å². The van der Waals surface area contributed by atoms with Crippen molar-refractivity contribution < 1.29 is 9.90 Å². The van der Waals surface area contributed by atoms with E-state index >= 15 is 0 Å². The van der Waals surface area contributed by atoms with E-state index in [-0.39, 0.29) is 12.3 Å². The summed E-state index contributed by atoms with van der Waals surface area (Å²) in [6.45, 7) is 4.71. The van der Waals surface area contributed by atoms with Gasteiger partial charge in [-0.15, -0.1) is 0 Å². The summed E-state index contributed by atoms with van der Waals surface area (Å²) in [6, 6.07) is 13.9. The molecule has 1 aromatic carbocycles. The van der Waals surface area contributed by atoms with Gasteiger partial charge in [-0.2, -0.15) is 0 Å². The number of rotatable bonds is 7. The van der Waals surface area contributed by atoms with Crippen molar-refractivity contribution in [1.82, 2.24) is 14.5 Å². The Bertz CT molecular complexity index is 877. The number of carboxylic acid groups (broad SMARTS) is 1. The Labute approximate surface area is 157 Å². The highest BCUT2D eigenvalue weighted by Crippen LogP contribution is 2.35. The van der Waals surface area contributed by atoms with E-state index in [1.54, 1.807) is 24.2 Å². The van der Waals surface area contributed by atoms with Crippen LogP contribution in [0.15, 0.2) is 64.8 Å². The summed E-state index contributed by atoms with van der Waals surface area (Å²) >= 11 is 1.62. The van der Waals surface area contributed by atoms with E-state index in [1.165, 1.54) is 0 Å². The molecule has 26 heavy (non-hydrogen) atoms. The summed E-state index contributed by atoms with van der Waals surface area (Å²) in [5.41, 5.74) is 1.95. The van der Waals surface area contributed by atoms with Crippen LogP contribution in [0.2, 0.25) is 0 Å². The normalized spacial score (nSPS) is 11.0. The fourth-order valence-electron chi connectivity index (χ4n) is 2.69. The molecule has 5 nitrogen and oxygen atoms in total. The van der Waals surface area contributed by atoms with Crippen molar-refractivity contribution in [2.24, 2.45) is 0 Å². The standard InChI is InChI=1S/C20H21N3O2S/c1-14(2)19-20(26-16-8-4-3-5-9-16)23(17(22-19)11-18(24)25)13-15-7-6-10-21-12-15/h3-10,12,14H,11,13H2,1-2H3,(H,24,25). The van der Waals surface area contributed by atoms with E-state index in [4.69, 9.17) is 0 Å². The highest BCUT2D eigenvalue weighted by atomic mass is 32.2. The number of carboxylic acids is 1.